The van der Waals surface area contributed by atoms with E-state index in [1.54, 1.807) is 6.07 Å². The summed E-state index contributed by atoms with van der Waals surface area (Å²) in [4.78, 5) is 0. The number of benzene rings is 2. The Labute approximate surface area is 131 Å². The van der Waals surface area contributed by atoms with E-state index >= 15 is 0 Å². The van der Waals surface area contributed by atoms with Gasteiger partial charge in [-0.15, -0.1) is 0 Å². The molecule has 3 nitrogen and oxygen atoms in total. The molecule has 114 valence electrons. The summed E-state index contributed by atoms with van der Waals surface area (Å²) in [6.45, 7) is 6.75. The number of ether oxygens (including phenoxy) is 1. The lowest BCUT2D eigenvalue weighted by atomic mass is 9.86. The highest BCUT2D eigenvalue weighted by Crippen LogP contribution is 2.31. The van der Waals surface area contributed by atoms with E-state index in [9.17, 15) is 5.11 Å². The molecule has 2 rings (SSSR count). The summed E-state index contributed by atoms with van der Waals surface area (Å²) in [6, 6.07) is 17.1. The minimum absolute atomic E-state index is 0.0116. The lowest BCUT2D eigenvalue weighted by Gasteiger charge is -2.23. The van der Waals surface area contributed by atoms with Gasteiger partial charge in [0.2, 0.25) is 0 Å². The minimum atomic E-state index is -1.13. The van der Waals surface area contributed by atoms with Gasteiger partial charge in [0.1, 0.15) is 12.4 Å². The monoisotopic (exact) mass is 295 g/mol. The van der Waals surface area contributed by atoms with Gasteiger partial charge in [-0.25, -0.2) is 0 Å². The molecule has 0 fully saturated rings. The van der Waals surface area contributed by atoms with Crippen LogP contribution in [0.15, 0.2) is 48.5 Å². The first-order chi connectivity index (χ1) is 10.4. The van der Waals surface area contributed by atoms with Crippen LogP contribution in [0.3, 0.4) is 0 Å². The number of rotatable bonds is 4. The van der Waals surface area contributed by atoms with Gasteiger partial charge in [0.25, 0.3) is 0 Å². The molecule has 0 aromatic heterocycles. The highest BCUT2D eigenvalue weighted by Gasteiger charge is 2.19. The molecule has 0 spiro atoms. The summed E-state index contributed by atoms with van der Waals surface area (Å²) in [6.07, 6.45) is -1.13. The summed E-state index contributed by atoms with van der Waals surface area (Å²) in [7, 11) is 0. The fourth-order valence-corrected chi connectivity index (χ4v) is 2.37. The zero-order valence-electron chi connectivity index (χ0n) is 13.2. The van der Waals surface area contributed by atoms with E-state index in [1.165, 1.54) is 0 Å². The van der Waals surface area contributed by atoms with E-state index in [0.29, 0.717) is 12.2 Å². The third-order valence-corrected chi connectivity index (χ3v) is 3.55. The predicted molar refractivity (Wildman–Crippen MR) is 86.5 cm³/mol. The molecule has 0 heterocycles. The van der Waals surface area contributed by atoms with E-state index in [4.69, 9.17) is 10.00 Å². The number of nitrogens with zero attached hydrogens (tertiary/aromatic N) is 1. The van der Waals surface area contributed by atoms with Crippen molar-refractivity contribution in [2.45, 2.75) is 38.9 Å². The molecular formula is C19H21NO2. The number of aliphatic hydroxyl groups is 1. The molecule has 0 aliphatic rings. The standard InChI is InChI=1S/C19H21NO2/c1-19(2,3)16-10-6-7-11-18(16)22-13-14-8-4-5-9-15(14)17(21)12-20/h4-11,17,21H,13H2,1-3H3. The fourth-order valence-electron chi connectivity index (χ4n) is 2.37. The van der Waals surface area contributed by atoms with Crippen LogP contribution in [0.1, 0.15) is 43.6 Å². The van der Waals surface area contributed by atoms with Crippen LogP contribution in [0.4, 0.5) is 0 Å². The van der Waals surface area contributed by atoms with Crippen molar-refractivity contribution >= 4 is 0 Å². The summed E-state index contributed by atoms with van der Waals surface area (Å²) < 4.78 is 5.96. The van der Waals surface area contributed by atoms with Crippen LogP contribution in [0.5, 0.6) is 5.75 Å². The van der Waals surface area contributed by atoms with Crippen molar-refractivity contribution < 1.29 is 9.84 Å². The molecule has 1 unspecified atom stereocenters. The Kier molecular flexibility index (Phi) is 4.85. The maximum absolute atomic E-state index is 9.77. The lowest BCUT2D eigenvalue weighted by Crippen LogP contribution is -2.13. The van der Waals surface area contributed by atoms with E-state index in [1.807, 2.05) is 42.5 Å². The molecule has 2 aromatic carbocycles. The smallest absolute Gasteiger partial charge is 0.166 e. The third-order valence-electron chi connectivity index (χ3n) is 3.55. The Morgan fingerprint density at radius 3 is 2.41 bits per heavy atom. The topological polar surface area (TPSA) is 53.2 Å². The molecule has 0 saturated heterocycles. The summed E-state index contributed by atoms with van der Waals surface area (Å²) >= 11 is 0. The van der Waals surface area contributed by atoms with Crippen LogP contribution in [-0.2, 0) is 12.0 Å². The third kappa shape index (κ3) is 3.66. The number of hydrogen-bond acceptors (Lipinski definition) is 3. The van der Waals surface area contributed by atoms with E-state index in [0.717, 1.165) is 16.9 Å². The summed E-state index contributed by atoms with van der Waals surface area (Å²) in [5.41, 5.74) is 2.54. The molecule has 0 radical (unpaired) electrons. The van der Waals surface area contributed by atoms with Gasteiger partial charge in [0.15, 0.2) is 6.10 Å². The molecule has 0 aliphatic heterocycles. The van der Waals surface area contributed by atoms with Crippen molar-refractivity contribution in [1.82, 2.24) is 0 Å². The van der Waals surface area contributed by atoms with Gasteiger partial charge in [-0.05, 0) is 22.6 Å². The summed E-state index contributed by atoms with van der Waals surface area (Å²) in [5, 5.41) is 18.7. The maximum Gasteiger partial charge on any atom is 0.166 e. The SMILES string of the molecule is CC(C)(C)c1ccccc1OCc1ccccc1C(O)C#N. The van der Waals surface area contributed by atoms with Crippen molar-refractivity contribution in [3.05, 3.63) is 65.2 Å². The Hall–Kier alpha value is -2.31. The predicted octanol–water partition coefficient (Wildman–Crippen LogP) is 4.12. The quantitative estimate of drug-likeness (QED) is 0.863. The number of hydrogen-bond donors (Lipinski definition) is 1. The molecule has 0 amide bonds. The largest absolute Gasteiger partial charge is 0.489 e. The Bertz CT molecular complexity index is 680. The first-order valence-corrected chi connectivity index (χ1v) is 7.31. The van der Waals surface area contributed by atoms with E-state index in [-0.39, 0.29) is 5.41 Å². The molecule has 0 saturated carbocycles. The second kappa shape index (κ2) is 6.64. The summed E-state index contributed by atoms with van der Waals surface area (Å²) in [5.74, 6) is 0.830. The minimum Gasteiger partial charge on any atom is -0.489 e. The molecule has 0 aliphatic carbocycles. The molecular weight excluding hydrogens is 274 g/mol. The van der Waals surface area contributed by atoms with E-state index < -0.39 is 6.10 Å². The first-order valence-electron chi connectivity index (χ1n) is 7.31. The van der Waals surface area contributed by atoms with Crippen LogP contribution in [-0.4, -0.2) is 5.11 Å². The average molecular weight is 295 g/mol. The second-order valence-corrected chi connectivity index (χ2v) is 6.27. The van der Waals surface area contributed by atoms with Gasteiger partial charge in [-0.3, -0.25) is 0 Å². The highest BCUT2D eigenvalue weighted by atomic mass is 16.5. The van der Waals surface area contributed by atoms with Crippen molar-refractivity contribution in [2.75, 3.05) is 0 Å². The van der Waals surface area contributed by atoms with Crippen LogP contribution >= 0.6 is 0 Å². The number of aliphatic hydroxyl groups excluding tert-OH is 1. The van der Waals surface area contributed by atoms with Crippen molar-refractivity contribution in [2.24, 2.45) is 0 Å². The van der Waals surface area contributed by atoms with Crippen LogP contribution < -0.4 is 4.74 Å². The van der Waals surface area contributed by atoms with Crippen molar-refractivity contribution in [3.63, 3.8) is 0 Å². The number of para-hydroxylation sites is 1. The van der Waals surface area contributed by atoms with E-state index in [2.05, 4.69) is 26.8 Å². The Morgan fingerprint density at radius 1 is 1.09 bits per heavy atom. The van der Waals surface area contributed by atoms with Crippen molar-refractivity contribution in [3.8, 4) is 11.8 Å². The van der Waals surface area contributed by atoms with Gasteiger partial charge in [0.05, 0.1) is 6.07 Å². The van der Waals surface area contributed by atoms with Gasteiger partial charge < -0.3 is 9.84 Å². The van der Waals surface area contributed by atoms with Crippen LogP contribution in [0, 0.1) is 11.3 Å². The molecule has 1 atom stereocenters. The maximum atomic E-state index is 9.77. The van der Waals surface area contributed by atoms with Crippen LogP contribution in [0.25, 0.3) is 0 Å². The molecule has 22 heavy (non-hydrogen) atoms. The van der Waals surface area contributed by atoms with Crippen LogP contribution in [0.2, 0.25) is 0 Å². The van der Waals surface area contributed by atoms with Crippen molar-refractivity contribution in [1.29, 1.82) is 5.26 Å². The van der Waals surface area contributed by atoms with Gasteiger partial charge in [0, 0.05) is 5.56 Å². The zero-order chi connectivity index (χ0) is 16.2. The molecule has 1 N–H and O–H groups in total. The zero-order valence-corrected chi connectivity index (χ0v) is 13.2. The van der Waals surface area contributed by atoms with Gasteiger partial charge >= 0.3 is 0 Å². The average Bonchev–Trinajstić information content (AvgIpc) is 2.52. The Morgan fingerprint density at radius 2 is 1.73 bits per heavy atom. The normalized spacial score (nSPS) is 12.5. The highest BCUT2D eigenvalue weighted by molar-refractivity contribution is 5.39. The molecule has 3 heteroatoms. The number of nitriles is 1. The van der Waals surface area contributed by atoms with Gasteiger partial charge in [-0.1, -0.05) is 63.2 Å². The second-order valence-electron chi connectivity index (χ2n) is 6.27. The Balaban J connectivity index is 2.24. The molecule has 2 aromatic rings. The fraction of sp³-hybridized carbons (Fsp3) is 0.316. The lowest BCUT2D eigenvalue weighted by molar-refractivity contribution is 0.229. The van der Waals surface area contributed by atoms with Gasteiger partial charge in [-0.2, -0.15) is 5.26 Å². The first kappa shape index (κ1) is 16.1. The molecule has 0 bridgehead atoms.